The van der Waals surface area contributed by atoms with Crippen molar-refractivity contribution in [2.24, 2.45) is 0 Å². The number of hydrogen-bond acceptors (Lipinski definition) is 6. The Morgan fingerprint density at radius 2 is 2.00 bits per heavy atom. The Morgan fingerprint density at radius 3 is 2.70 bits per heavy atom. The SMILES string of the molecule is CCc1ccc(C(=O)O)cc1SNc1cc(-c2ccno2)ccc1N1CCCCC1. The normalized spacial score (nSPS) is 14.0. The summed E-state index contributed by atoms with van der Waals surface area (Å²) in [7, 11) is 0. The molecular formula is C23H25N3O3S. The molecule has 30 heavy (non-hydrogen) atoms. The van der Waals surface area contributed by atoms with Crippen molar-refractivity contribution in [3.05, 3.63) is 59.8 Å². The minimum Gasteiger partial charge on any atom is -0.478 e. The van der Waals surface area contributed by atoms with Crippen LogP contribution in [0, 0.1) is 0 Å². The van der Waals surface area contributed by atoms with E-state index in [4.69, 9.17) is 4.52 Å². The highest BCUT2D eigenvalue weighted by Gasteiger charge is 2.17. The molecule has 3 aromatic rings. The van der Waals surface area contributed by atoms with Gasteiger partial charge in [-0.15, -0.1) is 0 Å². The van der Waals surface area contributed by atoms with E-state index in [-0.39, 0.29) is 0 Å². The molecule has 1 aliphatic heterocycles. The van der Waals surface area contributed by atoms with E-state index in [1.165, 1.54) is 31.2 Å². The van der Waals surface area contributed by atoms with E-state index in [0.717, 1.165) is 52.7 Å². The molecular weight excluding hydrogens is 398 g/mol. The maximum Gasteiger partial charge on any atom is 0.335 e. The van der Waals surface area contributed by atoms with Gasteiger partial charge in [-0.3, -0.25) is 0 Å². The number of nitrogens with one attached hydrogen (secondary N) is 1. The summed E-state index contributed by atoms with van der Waals surface area (Å²) in [5, 5.41) is 13.2. The molecule has 156 valence electrons. The predicted molar refractivity (Wildman–Crippen MR) is 120 cm³/mol. The molecule has 0 aliphatic carbocycles. The third kappa shape index (κ3) is 4.46. The van der Waals surface area contributed by atoms with Gasteiger partial charge < -0.3 is 19.3 Å². The number of nitrogens with zero attached hydrogens (tertiary/aromatic N) is 2. The van der Waals surface area contributed by atoms with E-state index < -0.39 is 5.97 Å². The molecule has 2 aromatic carbocycles. The van der Waals surface area contributed by atoms with E-state index in [1.54, 1.807) is 18.3 Å². The molecule has 6 nitrogen and oxygen atoms in total. The first-order valence-corrected chi connectivity index (χ1v) is 11.1. The van der Waals surface area contributed by atoms with Crippen molar-refractivity contribution in [3.8, 4) is 11.3 Å². The van der Waals surface area contributed by atoms with Crippen LogP contribution in [0.1, 0.15) is 42.1 Å². The summed E-state index contributed by atoms with van der Waals surface area (Å²) < 4.78 is 8.83. The number of aryl methyl sites for hydroxylation is 1. The molecule has 0 amide bonds. The van der Waals surface area contributed by atoms with Crippen LogP contribution in [-0.4, -0.2) is 29.3 Å². The summed E-state index contributed by atoms with van der Waals surface area (Å²) in [5.74, 6) is -0.198. The van der Waals surface area contributed by atoms with Crippen LogP contribution in [0.2, 0.25) is 0 Å². The summed E-state index contributed by atoms with van der Waals surface area (Å²) >= 11 is 1.45. The molecule has 2 heterocycles. The molecule has 2 N–H and O–H groups in total. The second-order valence-corrected chi connectivity index (χ2v) is 8.19. The van der Waals surface area contributed by atoms with Gasteiger partial charge in [-0.25, -0.2) is 4.79 Å². The number of hydrogen-bond donors (Lipinski definition) is 2. The third-order valence-corrected chi connectivity index (χ3v) is 6.30. The molecule has 1 aliphatic rings. The molecule has 0 spiro atoms. The van der Waals surface area contributed by atoms with Crippen LogP contribution >= 0.6 is 11.9 Å². The number of rotatable bonds is 7. The highest BCUT2D eigenvalue weighted by Crippen LogP contribution is 2.36. The monoisotopic (exact) mass is 423 g/mol. The van der Waals surface area contributed by atoms with Gasteiger partial charge in [0.1, 0.15) is 0 Å². The zero-order valence-corrected chi connectivity index (χ0v) is 17.7. The van der Waals surface area contributed by atoms with E-state index in [1.807, 2.05) is 12.1 Å². The van der Waals surface area contributed by atoms with Crippen LogP contribution in [0.15, 0.2) is 58.1 Å². The largest absolute Gasteiger partial charge is 0.478 e. The Morgan fingerprint density at radius 1 is 1.17 bits per heavy atom. The van der Waals surface area contributed by atoms with Crippen LogP contribution in [0.25, 0.3) is 11.3 Å². The topological polar surface area (TPSA) is 78.6 Å². The molecule has 1 aromatic heterocycles. The Balaban J connectivity index is 1.65. The van der Waals surface area contributed by atoms with Crippen LogP contribution < -0.4 is 9.62 Å². The van der Waals surface area contributed by atoms with Gasteiger partial charge in [-0.05, 0) is 73.5 Å². The lowest BCUT2D eigenvalue weighted by atomic mass is 10.1. The maximum atomic E-state index is 11.4. The Hall–Kier alpha value is -2.93. The van der Waals surface area contributed by atoms with Crippen molar-refractivity contribution in [2.45, 2.75) is 37.5 Å². The molecule has 0 saturated carbocycles. The van der Waals surface area contributed by atoms with E-state index in [9.17, 15) is 9.90 Å². The highest BCUT2D eigenvalue weighted by molar-refractivity contribution is 8.00. The lowest BCUT2D eigenvalue weighted by Crippen LogP contribution is -2.29. The number of benzene rings is 2. The number of aromatic nitrogens is 1. The molecule has 1 saturated heterocycles. The zero-order chi connectivity index (χ0) is 20.9. The molecule has 0 radical (unpaired) electrons. The Bertz CT molecular complexity index is 1010. The van der Waals surface area contributed by atoms with E-state index in [0.29, 0.717) is 5.56 Å². The van der Waals surface area contributed by atoms with Gasteiger partial charge in [0.25, 0.3) is 0 Å². The molecule has 1 fully saturated rings. The highest BCUT2D eigenvalue weighted by atomic mass is 32.2. The lowest BCUT2D eigenvalue weighted by molar-refractivity contribution is 0.0696. The quantitative estimate of drug-likeness (QED) is 0.471. The third-order valence-electron chi connectivity index (χ3n) is 5.38. The number of carbonyl (C=O) groups is 1. The molecule has 0 unspecified atom stereocenters. The minimum absolute atomic E-state index is 0.295. The van der Waals surface area contributed by atoms with Crippen molar-refractivity contribution in [1.29, 1.82) is 0 Å². The van der Waals surface area contributed by atoms with Gasteiger partial charge in [0.15, 0.2) is 5.76 Å². The summed E-state index contributed by atoms with van der Waals surface area (Å²) in [6.07, 6.45) is 6.13. The lowest BCUT2D eigenvalue weighted by Gasteiger charge is -2.31. The maximum absolute atomic E-state index is 11.4. The van der Waals surface area contributed by atoms with Crippen molar-refractivity contribution < 1.29 is 14.4 Å². The summed E-state index contributed by atoms with van der Waals surface area (Å²) in [6, 6.07) is 13.4. The average Bonchev–Trinajstić information content (AvgIpc) is 3.33. The van der Waals surface area contributed by atoms with Gasteiger partial charge in [0.2, 0.25) is 0 Å². The standard InChI is InChI=1S/C23H25N3O3S/c1-2-16-6-7-18(23(27)28)15-22(16)30-25-19-14-17(21-10-11-24-29-21)8-9-20(19)26-12-4-3-5-13-26/h6-11,14-15,25H,2-5,12-13H2,1H3,(H,27,28). The van der Waals surface area contributed by atoms with Crippen LogP contribution in [0.4, 0.5) is 11.4 Å². The number of carboxylic acid groups (broad SMARTS) is 1. The summed E-state index contributed by atoms with van der Waals surface area (Å²) in [5.41, 5.74) is 4.49. The summed E-state index contributed by atoms with van der Waals surface area (Å²) in [4.78, 5) is 14.7. The van der Waals surface area contributed by atoms with Crippen molar-refractivity contribution in [2.75, 3.05) is 22.7 Å². The second-order valence-electron chi connectivity index (χ2n) is 7.34. The molecule has 0 atom stereocenters. The fourth-order valence-electron chi connectivity index (χ4n) is 3.73. The van der Waals surface area contributed by atoms with Gasteiger partial charge >= 0.3 is 5.97 Å². The van der Waals surface area contributed by atoms with Crippen LogP contribution in [-0.2, 0) is 6.42 Å². The number of carboxylic acids is 1. The molecule has 0 bridgehead atoms. The number of piperidine rings is 1. The van der Waals surface area contributed by atoms with E-state index in [2.05, 4.69) is 39.9 Å². The van der Waals surface area contributed by atoms with Gasteiger partial charge in [0.05, 0.1) is 23.1 Å². The first kappa shape index (κ1) is 20.3. The predicted octanol–water partition coefficient (Wildman–Crippen LogP) is 5.71. The van der Waals surface area contributed by atoms with Crippen molar-refractivity contribution >= 4 is 29.3 Å². The molecule has 7 heteroatoms. The Kier molecular flexibility index (Phi) is 6.28. The van der Waals surface area contributed by atoms with E-state index >= 15 is 0 Å². The first-order chi connectivity index (χ1) is 14.7. The zero-order valence-electron chi connectivity index (χ0n) is 16.9. The Labute approximate surface area is 180 Å². The van der Waals surface area contributed by atoms with Gasteiger partial charge in [-0.1, -0.05) is 18.1 Å². The second kappa shape index (κ2) is 9.26. The molecule has 4 rings (SSSR count). The fraction of sp³-hybridized carbons (Fsp3) is 0.304. The first-order valence-electron chi connectivity index (χ1n) is 10.2. The smallest absolute Gasteiger partial charge is 0.335 e. The fourth-order valence-corrected chi connectivity index (χ4v) is 4.64. The average molecular weight is 424 g/mol. The number of anilines is 2. The van der Waals surface area contributed by atoms with Crippen LogP contribution in [0.5, 0.6) is 0 Å². The minimum atomic E-state index is -0.916. The van der Waals surface area contributed by atoms with Crippen LogP contribution in [0.3, 0.4) is 0 Å². The number of aromatic carboxylic acids is 1. The van der Waals surface area contributed by atoms with Gasteiger partial charge in [0, 0.05) is 29.6 Å². The summed E-state index contributed by atoms with van der Waals surface area (Å²) in [6.45, 7) is 4.15. The van der Waals surface area contributed by atoms with Crippen molar-refractivity contribution in [3.63, 3.8) is 0 Å². The van der Waals surface area contributed by atoms with Crippen molar-refractivity contribution in [1.82, 2.24) is 5.16 Å². The van der Waals surface area contributed by atoms with Gasteiger partial charge in [-0.2, -0.15) is 0 Å².